The summed E-state index contributed by atoms with van der Waals surface area (Å²) in [5.74, 6) is 1.03. The van der Waals surface area contributed by atoms with E-state index in [1.165, 1.54) is 27.8 Å². The molecule has 0 radical (unpaired) electrons. The molecule has 4 rings (SSSR count). The Bertz CT molecular complexity index is 930. The molecule has 3 aromatic rings. The average Bonchev–Trinajstić information content (AvgIpc) is 3.34. The van der Waals surface area contributed by atoms with E-state index in [4.69, 9.17) is 0 Å². The second-order valence-corrected chi connectivity index (χ2v) is 8.90. The van der Waals surface area contributed by atoms with Gasteiger partial charge in [0.1, 0.15) is 6.33 Å². The lowest BCUT2D eigenvalue weighted by Gasteiger charge is -2.26. The van der Waals surface area contributed by atoms with Gasteiger partial charge in [0.2, 0.25) is 5.91 Å². The molecular weight excluding hydrogens is 376 g/mol. The molecule has 5 nitrogen and oxygen atoms in total. The molecule has 0 saturated heterocycles. The Balaban J connectivity index is 1.41. The van der Waals surface area contributed by atoms with Crippen LogP contribution in [0.1, 0.15) is 35.8 Å². The third-order valence-electron chi connectivity index (χ3n) is 4.84. The van der Waals surface area contributed by atoms with Crippen molar-refractivity contribution in [3.63, 3.8) is 0 Å². The first-order chi connectivity index (χ1) is 13.1. The van der Waals surface area contributed by atoms with Crippen LogP contribution in [-0.4, -0.2) is 37.9 Å². The highest BCUT2D eigenvalue weighted by molar-refractivity contribution is 7.99. The number of carbonyl (C=O) groups is 1. The minimum absolute atomic E-state index is 0.154. The Morgan fingerprint density at radius 1 is 1.26 bits per heavy atom. The Morgan fingerprint density at radius 2 is 2.07 bits per heavy atom. The number of fused-ring (bicyclic) bond motifs is 1. The molecule has 0 bridgehead atoms. The zero-order valence-electron chi connectivity index (χ0n) is 15.5. The molecule has 7 heteroatoms. The van der Waals surface area contributed by atoms with Crippen LogP contribution in [0.5, 0.6) is 0 Å². The molecule has 0 atom stereocenters. The molecule has 0 aliphatic carbocycles. The summed E-state index contributed by atoms with van der Waals surface area (Å²) in [4.78, 5) is 16.0. The third-order valence-corrected chi connectivity index (χ3v) is 6.79. The van der Waals surface area contributed by atoms with Crippen LogP contribution in [0.25, 0.3) is 5.69 Å². The van der Waals surface area contributed by atoms with E-state index >= 15 is 0 Å². The van der Waals surface area contributed by atoms with E-state index in [0.717, 1.165) is 30.4 Å². The maximum atomic E-state index is 12.6. The molecule has 0 N–H and O–H groups in total. The number of aromatic nitrogens is 3. The predicted molar refractivity (Wildman–Crippen MR) is 110 cm³/mol. The first-order valence-corrected chi connectivity index (χ1v) is 10.9. The lowest BCUT2D eigenvalue weighted by Crippen LogP contribution is -2.36. The number of hydrogen-bond acceptors (Lipinski definition) is 5. The molecule has 0 saturated carbocycles. The lowest BCUT2D eigenvalue weighted by molar-refractivity contribution is -0.129. The molecule has 140 valence electrons. The molecule has 1 aromatic carbocycles. The van der Waals surface area contributed by atoms with Gasteiger partial charge in [0.05, 0.1) is 5.75 Å². The van der Waals surface area contributed by atoms with Gasteiger partial charge < -0.3 is 4.90 Å². The standard InChI is InChI=1S/C20H22N4OS2/c1-14(2)15-3-5-17(6-4-15)24-13-21-22-20(24)27-12-19(25)23-9-7-18-16(11-23)8-10-26-18/h3-6,8,10,13-14H,7,9,11-12H2,1-2H3. The smallest absolute Gasteiger partial charge is 0.233 e. The summed E-state index contributed by atoms with van der Waals surface area (Å²) in [6, 6.07) is 10.5. The van der Waals surface area contributed by atoms with Gasteiger partial charge in [0.25, 0.3) is 0 Å². The van der Waals surface area contributed by atoms with E-state index in [1.54, 1.807) is 17.7 Å². The first kappa shape index (κ1) is 18.3. The summed E-state index contributed by atoms with van der Waals surface area (Å²) >= 11 is 3.23. The van der Waals surface area contributed by atoms with Gasteiger partial charge in [-0.25, -0.2) is 0 Å². The lowest BCUT2D eigenvalue weighted by atomic mass is 10.0. The topological polar surface area (TPSA) is 51.0 Å². The predicted octanol–water partition coefficient (Wildman–Crippen LogP) is 4.13. The molecule has 1 amide bonds. The quantitative estimate of drug-likeness (QED) is 0.607. The highest BCUT2D eigenvalue weighted by atomic mass is 32.2. The minimum Gasteiger partial charge on any atom is -0.337 e. The van der Waals surface area contributed by atoms with Crippen molar-refractivity contribution in [1.29, 1.82) is 0 Å². The van der Waals surface area contributed by atoms with E-state index < -0.39 is 0 Å². The van der Waals surface area contributed by atoms with Crippen molar-refractivity contribution in [1.82, 2.24) is 19.7 Å². The number of benzene rings is 1. The first-order valence-electron chi connectivity index (χ1n) is 9.08. The number of carbonyl (C=O) groups excluding carboxylic acids is 1. The number of nitrogens with zero attached hydrogens (tertiary/aromatic N) is 4. The van der Waals surface area contributed by atoms with Crippen molar-refractivity contribution >= 4 is 29.0 Å². The maximum absolute atomic E-state index is 12.6. The second kappa shape index (κ2) is 7.86. The normalized spacial score (nSPS) is 13.8. The monoisotopic (exact) mass is 398 g/mol. The van der Waals surface area contributed by atoms with Gasteiger partial charge in [0.15, 0.2) is 5.16 Å². The Hall–Kier alpha value is -2.12. The van der Waals surface area contributed by atoms with E-state index in [-0.39, 0.29) is 5.91 Å². The van der Waals surface area contributed by atoms with Gasteiger partial charge in [0, 0.05) is 23.7 Å². The summed E-state index contributed by atoms with van der Waals surface area (Å²) in [7, 11) is 0. The Morgan fingerprint density at radius 3 is 2.85 bits per heavy atom. The summed E-state index contributed by atoms with van der Waals surface area (Å²) in [5, 5.41) is 11.1. The van der Waals surface area contributed by atoms with E-state index in [1.807, 2.05) is 9.47 Å². The van der Waals surface area contributed by atoms with Crippen LogP contribution in [0.2, 0.25) is 0 Å². The van der Waals surface area contributed by atoms with Crippen LogP contribution < -0.4 is 0 Å². The largest absolute Gasteiger partial charge is 0.337 e. The molecule has 1 aliphatic rings. The molecule has 0 fully saturated rings. The van der Waals surface area contributed by atoms with E-state index in [2.05, 4.69) is 59.8 Å². The fourth-order valence-electron chi connectivity index (χ4n) is 3.20. The zero-order valence-corrected chi connectivity index (χ0v) is 17.1. The summed E-state index contributed by atoms with van der Waals surface area (Å²) in [6.07, 6.45) is 2.66. The minimum atomic E-state index is 0.154. The number of thiophene rings is 1. The number of rotatable bonds is 5. The number of hydrogen-bond donors (Lipinski definition) is 0. The fourth-order valence-corrected chi connectivity index (χ4v) is 4.92. The van der Waals surface area contributed by atoms with Crippen LogP contribution in [0.3, 0.4) is 0 Å². The molecule has 1 aliphatic heterocycles. The average molecular weight is 399 g/mol. The van der Waals surface area contributed by atoms with Crippen LogP contribution in [0.15, 0.2) is 47.2 Å². The van der Waals surface area contributed by atoms with Gasteiger partial charge in [-0.1, -0.05) is 37.7 Å². The van der Waals surface area contributed by atoms with Crippen LogP contribution in [0, 0.1) is 0 Å². The molecular formula is C20H22N4OS2. The second-order valence-electron chi connectivity index (χ2n) is 6.95. The van der Waals surface area contributed by atoms with E-state index in [0.29, 0.717) is 11.7 Å². The maximum Gasteiger partial charge on any atom is 0.233 e. The van der Waals surface area contributed by atoms with Crippen molar-refractivity contribution in [3.05, 3.63) is 58.0 Å². The van der Waals surface area contributed by atoms with Gasteiger partial charge >= 0.3 is 0 Å². The molecule has 0 spiro atoms. The zero-order chi connectivity index (χ0) is 18.8. The van der Waals surface area contributed by atoms with Gasteiger partial charge in [-0.15, -0.1) is 21.5 Å². The van der Waals surface area contributed by atoms with Crippen molar-refractivity contribution in [3.8, 4) is 5.69 Å². The number of amides is 1. The summed E-state index contributed by atoms with van der Waals surface area (Å²) in [5.41, 5.74) is 3.60. The van der Waals surface area contributed by atoms with Crippen LogP contribution in [-0.2, 0) is 17.8 Å². The van der Waals surface area contributed by atoms with Crippen molar-refractivity contribution in [2.75, 3.05) is 12.3 Å². The fraction of sp³-hybridized carbons (Fsp3) is 0.350. The molecule has 0 unspecified atom stereocenters. The van der Waals surface area contributed by atoms with Crippen molar-refractivity contribution in [2.24, 2.45) is 0 Å². The molecule has 3 heterocycles. The van der Waals surface area contributed by atoms with Gasteiger partial charge in [-0.2, -0.15) is 0 Å². The van der Waals surface area contributed by atoms with Gasteiger partial charge in [-0.05, 0) is 47.0 Å². The molecule has 2 aromatic heterocycles. The van der Waals surface area contributed by atoms with Crippen LogP contribution >= 0.6 is 23.1 Å². The highest BCUT2D eigenvalue weighted by Crippen LogP contribution is 2.26. The highest BCUT2D eigenvalue weighted by Gasteiger charge is 2.22. The Kier molecular flexibility index (Phi) is 5.31. The number of thioether (sulfide) groups is 1. The Labute approximate surface area is 167 Å². The van der Waals surface area contributed by atoms with Gasteiger partial charge in [-0.3, -0.25) is 9.36 Å². The molecule has 27 heavy (non-hydrogen) atoms. The summed E-state index contributed by atoms with van der Waals surface area (Å²) < 4.78 is 1.94. The van der Waals surface area contributed by atoms with Crippen molar-refractivity contribution < 1.29 is 4.79 Å². The summed E-state index contributed by atoms with van der Waals surface area (Å²) in [6.45, 7) is 5.89. The SMILES string of the molecule is CC(C)c1ccc(-n2cnnc2SCC(=O)N2CCc3sccc3C2)cc1. The van der Waals surface area contributed by atoms with E-state index in [9.17, 15) is 4.79 Å². The third kappa shape index (κ3) is 3.94. The van der Waals surface area contributed by atoms with Crippen LogP contribution in [0.4, 0.5) is 0 Å². The van der Waals surface area contributed by atoms with Crippen molar-refractivity contribution in [2.45, 2.75) is 37.9 Å².